The summed E-state index contributed by atoms with van der Waals surface area (Å²) in [7, 11) is -2.04. The molecule has 2 heteroatoms. The van der Waals surface area contributed by atoms with E-state index in [4.69, 9.17) is 0 Å². The standard InChI is InChI=1S/C8H11FSi/c1-2-10(9)8-6-4-3-5-7-8/h3-7,10H,2H2,1H3. The Balaban J connectivity index is 2.75. The van der Waals surface area contributed by atoms with Crippen molar-refractivity contribution < 1.29 is 4.11 Å². The van der Waals surface area contributed by atoms with E-state index in [0.717, 1.165) is 5.19 Å². The number of hydrogen-bond donors (Lipinski definition) is 0. The van der Waals surface area contributed by atoms with E-state index in [0.29, 0.717) is 6.04 Å². The number of halogens is 1. The average Bonchev–Trinajstić information content (AvgIpc) is 2.05. The van der Waals surface area contributed by atoms with Gasteiger partial charge in [-0.2, -0.15) is 0 Å². The summed E-state index contributed by atoms with van der Waals surface area (Å²) in [5.41, 5.74) is 0. The van der Waals surface area contributed by atoms with Crippen LogP contribution in [0, 0.1) is 0 Å². The van der Waals surface area contributed by atoms with Crippen molar-refractivity contribution in [2.75, 3.05) is 0 Å². The second-order valence-electron chi connectivity index (χ2n) is 2.29. The zero-order valence-electron chi connectivity index (χ0n) is 6.05. The van der Waals surface area contributed by atoms with Crippen LogP contribution in [-0.4, -0.2) is 9.13 Å². The van der Waals surface area contributed by atoms with Crippen molar-refractivity contribution in [2.24, 2.45) is 0 Å². The first-order valence-electron chi connectivity index (χ1n) is 3.53. The lowest BCUT2D eigenvalue weighted by Gasteiger charge is -2.00. The Morgan fingerprint density at radius 2 is 1.90 bits per heavy atom. The zero-order valence-corrected chi connectivity index (χ0v) is 7.20. The third-order valence-electron chi connectivity index (χ3n) is 1.52. The SMILES string of the molecule is CC[SiH](F)c1ccccc1. The molecule has 0 radical (unpaired) electrons. The van der Waals surface area contributed by atoms with Crippen LogP contribution in [-0.2, 0) is 0 Å². The van der Waals surface area contributed by atoms with Gasteiger partial charge in [-0.15, -0.1) is 0 Å². The van der Waals surface area contributed by atoms with E-state index in [1.807, 2.05) is 37.3 Å². The minimum absolute atomic E-state index is 0.698. The summed E-state index contributed by atoms with van der Waals surface area (Å²) < 4.78 is 13.0. The highest BCUT2D eigenvalue weighted by Crippen LogP contribution is 1.94. The van der Waals surface area contributed by atoms with E-state index < -0.39 is 9.13 Å². The Morgan fingerprint density at radius 3 is 2.40 bits per heavy atom. The maximum absolute atomic E-state index is 13.0. The molecule has 0 nitrogen and oxygen atoms in total. The van der Waals surface area contributed by atoms with E-state index >= 15 is 0 Å². The molecule has 1 aromatic carbocycles. The zero-order chi connectivity index (χ0) is 7.40. The van der Waals surface area contributed by atoms with Gasteiger partial charge in [0.1, 0.15) is 0 Å². The molecule has 0 bridgehead atoms. The molecule has 0 aliphatic carbocycles. The first-order valence-corrected chi connectivity index (χ1v) is 5.36. The normalized spacial score (nSPS) is 13.0. The van der Waals surface area contributed by atoms with Crippen LogP contribution in [0.1, 0.15) is 6.92 Å². The van der Waals surface area contributed by atoms with Crippen LogP contribution in [0.5, 0.6) is 0 Å². The Morgan fingerprint density at radius 1 is 1.30 bits per heavy atom. The van der Waals surface area contributed by atoms with Gasteiger partial charge in [0.2, 0.25) is 0 Å². The molecule has 54 valence electrons. The molecule has 0 aliphatic rings. The van der Waals surface area contributed by atoms with Gasteiger partial charge in [-0.1, -0.05) is 37.3 Å². The summed E-state index contributed by atoms with van der Waals surface area (Å²) in [6.07, 6.45) is 0. The largest absolute Gasteiger partial charge is 0.312 e. The third-order valence-corrected chi connectivity index (χ3v) is 3.34. The van der Waals surface area contributed by atoms with Gasteiger partial charge in [0, 0.05) is 0 Å². The summed E-state index contributed by atoms with van der Waals surface area (Å²) in [5, 5.41) is 0.921. The summed E-state index contributed by atoms with van der Waals surface area (Å²) in [4.78, 5) is 0. The second-order valence-corrected chi connectivity index (χ2v) is 4.70. The molecule has 10 heavy (non-hydrogen) atoms. The smallest absolute Gasteiger partial charge is 0.262 e. The molecule has 0 fully saturated rings. The molecular weight excluding hydrogens is 143 g/mol. The van der Waals surface area contributed by atoms with Gasteiger partial charge in [0.25, 0.3) is 9.13 Å². The summed E-state index contributed by atoms with van der Waals surface area (Å²) in [5.74, 6) is 0. The Bertz CT molecular complexity index is 186. The highest BCUT2D eigenvalue weighted by atomic mass is 28.3. The van der Waals surface area contributed by atoms with E-state index in [2.05, 4.69) is 0 Å². The van der Waals surface area contributed by atoms with E-state index in [1.54, 1.807) is 0 Å². The van der Waals surface area contributed by atoms with Crippen LogP contribution in [0.4, 0.5) is 4.11 Å². The minimum atomic E-state index is -2.04. The quantitative estimate of drug-likeness (QED) is 0.448. The van der Waals surface area contributed by atoms with Crippen LogP contribution in [0.15, 0.2) is 30.3 Å². The summed E-state index contributed by atoms with van der Waals surface area (Å²) >= 11 is 0. The Kier molecular flexibility index (Phi) is 2.63. The van der Waals surface area contributed by atoms with Crippen molar-refractivity contribution in [3.05, 3.63) is 30.3 Å². The van der Waals surface area contributed by atoms with Crippen LogP contribution in [0.25, 0.3) is 0 Å². The predicted octanol–water partition coefficient (Wildman–Crippen LogP) is 1.61. The topological polar surface area (TPSA) is 0 Å². The monoisotopic (exact) mass is 154 g/mol. The molecule has 0 aromatic heterocycles. The highest BCUT2D eigenvalue weighted by Gasteiger charge is 2.07. The average molecular weight is 154 g/mol. The predicted molar refractivity (Wildman–Crippen MR) is 44.8 cm³/mol. The Hall–Kier alpha value is -0.633. The molecule has 0 heterocycles. The van der Waals surface area contributed by atoms with E-state index in [1.165, 1.54) is 0 Å². The van der Waals surface area contributed by atoms with Gasteiger partial charge < -0.3 is 4.11 Å². The van der Waals surface area contributed by atoms with Gasteiger partial charge in [0.15, 0.2) is 0 Å². The molecule has 1 aromatic rings. The van der Waals surface area contributed by atoms with Crippen LogP contribution < -0.4 is 5.19 Å². The molecule has 1 rings (SSSR count). The Labute approximate surface area is 62.5 Å². The van der Waals surface area contributed by atoms with Crippen molar-refractivity contribution in [3.63, 3.8) is 0 Å². The fourth-order valence-electron chi connectivity index (χ4n) is 0.898. The highest BCUT2D eigenvalue weighted by molar-refractivity contribution is 6.66. The van der Waals surface area contributed by atoms with E-state index in [-0.39, 0.29) is 0 Å². The van der Waals surface area contributed by atoms with Crippen LogP contribution >= 0.6 is 0 Å². The van der Waals surface area contributed by atoms with Gasteiger partial charge in [-0.3, -0.25) is 0 Å². The molecule has 0 spiro atoms. The molecule has 0 saturated heterocycles. The van der Waals surface area contributed by atoms with E-state index in [9.17, 15) is 4.11 Å². The van der Waals surface area contributed by atoms with Crippen molar-refractivity contribution in [1.29, 1.82) is 0 Å². The van der Waals surface area contributed by atoms with Crippen LogP contribution in [0.2, 0.25) is 6.04 Å². The van der Waals surface area contributed by atoms with Gasteiger partial charge >= 0.3 is 0 Å². The molecule has 0 aliphatic heterocycles. The van der Waals surface area contributed by atoms with Crippen LogP contribution in [0.3, 0.4) is 0 Å². The lowest BCUT2D eigenvalue weighted by atomic mass is 10.4. The maximum atomic E-state index is 13.0. The summed E-state index contributed by atoms with van der Waals surface area (Å²) in [6, 6.07) is 10.2. The lowest BCUT2D eigenvalue weighted by Crippen LogP contribution is -2.23. The van der Waals surface area contributed by atoms with Gasteiger partial charge in [0.05, 0.1) is 0 Å². The molecule has 0 amide bonds. The van der Waals surface area contributed by atoms with Crippen molar-refractivity contribution >= 4 is 14.3 Å². The summed E-state index contributed by atoms with van der Waals surface area (Å²) in [6.45, 7) is 1.91. The first kappa shape index (κ1) is 7.47. The van der Waals surface area contributed by atoms with Gasteiger partial charge in [-0.05, 0) is 11.2 Å². The van der Waals surface area contributed by atoms with Crippen molar-refractivity contribution in [2.45, 2.75) is 13.0 Å². The molecule has 1 unspecified atom stereocenters. The number of rotatable bonds is 2. The molecule has 1 atom stereocenters. The third kappa shape index (κ3) is 1.67. The fourth-order valence-corrected chi connectivity index (χ4v) is 2.01. The van der Waals surface area contributed by atoms with Gasteiger partial charge in [-0.25, -0.2) is 0 Å². The first-order chi connectivity index (χ1) is 4.84. The molecular formula is C8H11FSi. The minimum Gasteiger partial charge on any atom is -0.312 e. The number of benzene rings is 1. The van der Waals surface area contributed by atoms with Crippen molar-refractivity contribution in [3.8, 4) is 0 Å². The maximum Gasteiger partial charge on any atom is 0.262 e. The molecule has 0 N–H and O–H groups in total. The van der Waals surface area contributed by atoms with Crippen molar-refractivity contribution in [1.82, 2.24) is 0 Å². The lowest BCUT2D eigenvalue weighted by molar-refractivity contribution is 0.840. The number of hydrogen-bond acceptors (Lipinski definition) is 0. The second kappa shape index (κ2) is 3.51. The fraction of sp³-hybridized carbons (Fsp3) is 0.250. The molecule has 0 saturated carbocycles.